The number of rotatable bonds is 4. The molecule has 1 saturated carbocycles. The van der Waals surface area contributed by atoms with Crippen LogP contribution < -0.4 is 4.74 Å². The average Bonchev–Trinajstić information content (AvgIpc) is 3.37. The summed E-state index contributed by atoms with van der Waals surface area (Å²) in [4.78, 5) is 4.41. The molecule has 0 unspecified atom stereocenters. The van der Waals surface area contributed by atoms with E-state index in [2.05, 4.69) is 39.9 Å². The van der Waals surface area contributed by atoms with Gasteiger partial charge >= 0.3 is 0 Å². The number of halogens is 2. The van der Waals surface area contributed by atoms with Crippen molar-refractivity contribution in [2.45, 2.75) is 31.8 Å². The van der Waals surface area contributed by atoms with Crippen molar-refractivity contribution in [3.63, 3.8) is 0 Å². The summed E-state index contributed by atoms with van der Waals surface area (Å²) in [6, 6.07) is 18.2. The number of nitrogens with zero attached hydrogens (tertiary/aromatic N) is 2. The first kappa shape index (κ1) is 18.5. The van der Waals surface area contributed by atoms with E-state index in [-0.39, 0.29) is 0 Å². The van der Waals surface area contributed by atoms with E-state index >= 15 is 0 Å². The number of hydrogen-bond donors (Lipinski definition) is 0. The van der Waals surface area contributed by atoms with Gasteiger partial charge < -0.3 is 9.30 Å². The molecule has 1 aliphatic carbocycles. The highest BCUT2D eigenvalue weighted by molar-refractivity contribution is 6.35. The van der Waals surface area contributed by atoms with Gasteiger partial charge in [-0.3, -0.25) is 4.98 Å². The predicted molar refractivity (Wildman–Crippen MR) is 119 cm³/mol. The molecule has 146 valence electrons. The maximum Gasteiger partial charge on any atom is 0.119 e. The lowest BCUT2D eigenvalue weighted by molar-refractivity contribution is 0.210. The first-order valence-electron chi connectivity index (χ1n) is 9.87. The van der Waals surface area contributed by atoms with E-state index in [9.17, 15) is 0 Å². The highest BCUT2D eigenvalue weighted by Gasteiger charge is 2.16. The zero-order chi connectivity index (χ0) is 19.8. The van der Waals surface area contributed by atoms with E-state index in [1.165, 1.54) is 12.8 Å². The fourth-order valence-corrected chi connectivity index (χ4v) is 4.35. The molecule has 0 bridgehead atoms. The third-order valence-electron chi connectivity index (χ3n) is 5.50. The minimum absolute atomic E-state index is 0.364. The van der Waals surface area contributed by atoms with Crippen LogP contribution in [0.1, 0.15) is 25.7 Å². The van der Waals surface area contributed by atoms with Crippen molar-refractivity contribution in [3.8, 4) is 22.7 Å². The molecule has 4 aromatic rings. The van der Waals surface area contributed by atoms with Crippen molar-refractivity contribution in [3.05, 3.63) is 77.0 Å². The van der Waals surface area contributed by atoms with Gasteiger partial charge in [0.2, 0.25) is 0 Å². The van der Waals surface area contributed by atoms with Gasteiger partial charge in [0.25, 0.3) is 0 Å². The third kappa shape index (κ3) is 3.73. The summed E-state index contributed by atoms with van der Waals surface area (Å²) >= 11 is 12.5. The summed E-state index contributed by atoms with van der Waals surface area (Å²) in [5.41, 5.74) is 3.98. The van der Waals surface area contributed by atoms with Crippen LogP contribution in [-0.4, -0.2) is 15.7 Å². The Kier molecular flexibility index (Phi) is 4.94. The van der Waals surface area contributed by atoms with Crippen LogP contribution in [0.2, 0.25) is 10.0 Å². The molecule has 5 rings (SSSR count). The van der Waals surface area contributed by atoms with E-state index in [4.69, 9.17) is 27.9 Å². The summed E-state index contributed by atoms with van der Waals surface area (Å²) in [6.07, 6.45) is 8.83. The normalized spacial score (nSPS) is 14.6. The van der Waals surface area contributed by atoms with Crippen LogP contribution in [0.15, 0.2) is 67.0 Å². The summed E-state index contributed by atoms with van der Waals surface area (Å²) < 4.78 is 8.19. The lowest BCUT2D eigenvalue weighted by atomic mass is 10.1. The summed E-state index contributed by atoms with van der Waals surface area (Å²) in [5.74, 6) is 0.930. The van der Waals surface area contributed by atoms with Crippen LogP contribution in [-0.2, 0) is 0 Å². The molecular formula is C24H20Cl2N2O. The first-order valence-corrected chi connectivity index (χ1v) is 10.6. The number of pyridine rings is 1. The maximum atomic E-state index is 6.57. The Morgan fingerprint density at radius 2 is 1.72 bits per heavy atom. The molecule has 0 amide bonds. The van der Waals surface area contributed by atoms with E-state index in [1.807, 2.05) is 30.5 Å². The Morgan fingerprint density at radius 1 is 0.931 bits per heavy atom. The van der Waals surface area contributed by atoms with Crippen LogP contribution in [0.5, 0.6) is 5.75 Å². The fourth-order valence-electron chi connectivity index (χ4n) is 3.99. The van der Waals surface area contributed by atoms with Gasteiger partial charge in [0.15, 0.2) is 0 Å². The quantitative estimate of drug-likeness (QED) is 0.344. The highest BCUT2D eigenvalue weighted by atomic mass is 35.5. The van der Waals surface area contributed by atoms with Gasteiger partial charge in [-0.2, -0.15) is 0 Å². The minimum atomic E-state index is 0.364. The summed E-state index contributed by atoms with van der Waals surface area (Å²) in [5, 5.41) is 2.33. The second-order valence-electron chi connectivity index (χ2n) is 7.46. The predicted octanol–water partition coefficient (Wildman–Crippen LogP) is 7.32. The number of aromatic nitrogens is 2. The molecule has 5 heteroatoms. The Hall–Kier alpha value is -2.49. The Labute approximate surface area is 179 Å². The fraction of sp³-hybridized carbons (Fsp3) is 0.208. The molecule has 3 nitrogen and oxygen atoms in total. The third-order valence-corrected chi connectivity index (χ3v) is 6.02. The molecular weight excluding hydrogens is 403 g/mol. The second-order valence-corrected chi connectivity index (χ2v) is 8.30. The SMILES string of the molecule is Clc1ccc(-c2ccc3c(c2)c(Cl)cn3-c2ccc(OC3CCCC3)cc2)nc1. The number of fused-ring (bicyclic) bond motifs is 1. The van der Waals surface area contributed by atoms with Crippen molar-refractivity contribution < 1.29 is 4.74 Å². The zero-order valence-corrected chi connectivity index (χ0v) is 17.3. The van der Waals surface area contributed by atoms with Gasteiger partial charge in [-0.15, -0.1) is 0 Å². The Morgan fingerprint density at radius 3 is 2.45 bits per heavy atom. The van der Waals surface area contributed by atoms with Gasteiger partial charge in [-0.25, -0.2) is 0 Å². The largest absolute Gasteiger partial charge is 0.490 e. The van der Waals surface area contributed by atoms with Crippen molar-refractivity contribution in [2.24, 2.45) is 0 Å². The summed E-state index contributed by atoms with van der Waals surface area (Å²) in [7, 11) is 0. The monoisotopic (exact) mass is 422 g/mol. The molecule has 0 atom stereocenters. The van der Waals surface area contributed by atoms with Crippen LogP contribution in [0.4, 0.5) is 0 Å². The topological polar surface area (TPSA) is 27.1 Å². The Balaban J connectivity index is 1.46. The molecule has 0 radical (unpaired) electrons. The van der Waals surface area contributed by atoms with Gasteiger partial charge in [0, 0.05) is 29.0 Å². The minimum Gasteiger partial charge on any atom is -0.490 e. The Bertz CT molecular complexity index is 1140. The smallest absolute Gasteiger partial charge is 0.119 e. The van der Waals surface area contributed by atoms with Crippen LogP contribution in [0.3, 0.4) is 0 Å². The molecule has 0 N–H and O–H groups in total. The van der Waals surface area contributed by atoms with Gasteiger partial charge in [0.1, 0.15) is 5.75 Å². The second kappa shape index (κ2) is 7.74. The molecule has 2 aromatic heterocycles. The standard InChI is InChI=1S/C24H20Cl2N2O/c25-17-6-11-23(27-14-17)16-5-12-24-21(13-16)22(26)15-28(24)18-7-9-20(10-8-18)29-19-3-1-2-4-19/h5-15,19H,1-4H2. The lowest BCUT2D eigenvalue weighted by Gasteiger charge is -2.13. The molecule has 0 saturated heterocycles. The van der Waals surface area contributed by atoms with Crippen molar-refractivity contribution >= 4 is 34.1 Å². The van der Waals surface area contributed by atoms with E-state index < -0.39 is 0 Å². The van der Waals surface area contributed by atoms with Crippen LogP contribution >= 0.6 is 23.2 Å². The average molecular weight is 423 g/mol. The molecule has 1 aliphatic rings. The van der Waals surface area contributed by atoms with Crippen LogP contribution in [0, 0.1) is 0 Å². The van der Waals surface area contributed by atoms with Gasteiger partial charge in [-0.1, -0.05) is 29.3 Å². The molecule has 2 heterocycles. The van der Waals surface area contributed by atoms with E-state index in [1.54, 1.807) is 6.20 Å². The van der Waals surface area contributed by atoms with Gasteiger partial charge in [-0.05, 0) is 74.2 Å². The lowest BCUT2D eigenvalue weighted by Crippen LogP contribution is -2.10. The molecule has 0 aliphatic heterocycles. The maximum absolute atomic E-state index is 6.57. The molecule has 0 spiro atoms. The highest BCUT2D eigenvalue weighted by Crippen LogP contribution is 2.33. The van der Waals surface area contributed by atoms with E-state index in [0.717, 1.165) is 46.4 Å². The van der Waals surface area contributed by atoms with Crippen molar-refractivity contribution in [1.29, 1.82) is 0 Å². The number of ether oxygens (including phenoxy) is 1. The number of hydrogen-bond acceptors (Lipinski definition) is 2. The van der Waals surface area contributed by atoms with Crippen LogP contribution in [0.25, 0.3) is 27.8 Å². The molecule has 2 aromatic carbocycles. The van der Waals surface area contributed by atoms with Gasteiger partial charge in [0.05, 0.1) is 27.4 Å². The molecule has 29 heavy (non-hydrogen) atoms. The summed E-state index contributed by atoms with van der Waals surface area (Å²) in [6.45, 7) is 0. The van der Waals surface area contributed by atoms with Crippen molar-refractivity contribution in [2.75, 3.05) is 0 Å². The number of benzene rings is 2. The zero-order valence-electron chi connectivity index (χ0n) is 15.8. The van der Waals surface area contributed by atoms with Crippen molar-refractivity contribution in [1.82, 2.24) is 9.55 Å². The van der Waals surface area contributed by atoms with E-state index in [0.29, 0.717) is 16.1 Å². The first-order chi connectivity index (χ1) is 14.2. The molecule has 1 fully saturated rings.